The number of likely N-dealkylation sites (N-methyl/N-ethyl adjacent to an activating group) is 1. The summed E-state index contributed by atoms with van der Waals surface area (Å²) in [6, 6.07) is 9.35. The summed E-state index contributed by atoms with van der Waals surface area (Å²) in [4.78, 5) is 6.73. The summed E-state index contributed by atoms with van der Waals surface area (Å²) >= 11 is 7.13. The van der Waals surface area contributed by atoms with Gasteiger partial charge in [0, 0.05) is 48.8 Å². The number of nitrogens with one attached hydrogen (secondary N) is 2. The molecule has 0 spiro atoms. The van der Waals surface area contributed by atoms with Gasteiger partial charge in [0.05, 0.1) is 23.9 Å². The number of halogens is 4. The minimum atomic E-state index is -4.62. The summed E-state index contributed by atoms with van der Waals surface area (Å²) in [6.07, 6.45) is -0.733. The van der Waals surface area contributed by atoms with Crippen LogP contribution in [0.25, 0.3) is 22.6 Å². The molecule has 4 aromatic rings. The van der Waals surface area contributed by atoms with Crippen LogP contribution in [0.5, 0.6) is 5.88 Å². The molecular formula is C26H25ClF3N5O2S. The second-order valence-electron chi connectivity index (χ2n) is 9.17. The molecule has 1 aliphatic heterocycles. The van der Waals surface area contributed by atoms with Gasteiger partial charge in [-0.25, -0.2) is 0 Å². The van der Waals surface area contributed by atoms with E-state index >= 15 is 0 Å². The van der Waals surface area contributed by atoms with Gasteiger partial charge in [0.25, 0.3) is 0 Å². The lowest BCUT2D eigenvalue weighted by Gasteiger charge is -2.23. The second-order valence-corrected chi connectivity index (χ2v) is 10.6. The van der Waals surface area contributed by atoms with E-state index in [0.717, 1.165) is 29.9 Å². The Kier molecular flexibility index (Phi) is 7.36. The molecule has 3 heterocycles. The van der Waals surface area contributed by atoms with Gasteiger partial charge in [0.1, 0.15) is 4.88 Å². The van der Waals surface area contributed by atoms with E-state index in [2.05, 4.69) is 20.5 Å². The quantitative estimate of drug-likeness (QED) is 0.246. The van der Waals surface area contributed by atoms with Crippen LogP contribution in [0.1, 0.15) is 28.0 Å². The van der Waals surface area contributed by atoms with Crippen molar-refractivity contribution in [2.45, 2.75) is 24.7 Å². The van der Waals surface area contributed by atoms with Crippen LogP contribution in [0.2, 0.25) is 5.02 Å². The number of ether oxygens (including phenoxy) is 1. The third-order valence-electron chi connectivity index (χ3n) is 6.63. The molecule has 12 heteroatoms. The molecule has 2 unspecified atom stereocenters. The van der Waals surface area contributed by atoms with Gasteiger partial charge in [-0.1, -0.05) is 35.1 Å². The zero-order valence-corrected chi connectivity index (χ0v) is 22.1. The van der Waals surface area contributed by atoms with E-state index in [9.17, 15) is 18.3 Å². The number of hydrogen-bond donors (Lipinski definition) is 3. The van der Waals surface area contributed by atoms with Crippen LogP contribution in [0.15, 0.2) is 42.6 Å². The normalized spacial score (nSPS) is 18.4. The number of aromatic hydroxyl groups is 1. The topological polar surface area (TPSA) is 86.3 Å². The Labute approximate surface area is 225 Å². The molecule has 0 aliphatic carbocycles. The van der Waals surface area contributed by atoms with Gasteiger partial charge in [0.15, 0.2) is 5.13 Å². The highest BCUT2D eigenvalue weighted by Crippen LogP contribution is 2.42. The number of hydrogen-bond acceptors (Lipinski definition) is 7. The number of alkyl halides is 3. The Balaban J connectivity index is 1.60. The summed E-state index contributed by atoms with van der Waals surface area (Å²) in [7, 11) is 3.55. The van der Waals surface area contributed by atoms with E-state index in [0.29, 0.717) is 27.8 Å². The number of aromatic amines is 1. The summed E-state index contributed by atoms with van der Waals surface area (Å²) in [5.74, 6) is -0.252. The smallest absolute Gasteiger partial charge is 0.417 e. The lowest BCUT2D eigenvalue weighted by molar-refractivity contribution is -0.137. The largest absolute Gasteiger partial charge is 0.492 e. The van der Waals surface area contributed by atoms with E-state index < -0.39 is 11.7 Å². The van der Waals surface area contributed by atoms with Crippen molar-refractivity contribution in [1.82, 2.24) is 20.5 Å². The number of H-pyrrole nitrogens is 1. The lowest BCUT2D eigenvalue weighted by Crippen LogP contribution is -2.33. The molecular weight excluding hydrogens is 539 g/mol. The van der Waals surface area contributed by atoms with Crippen LogP contribution in [-0.4, -0.2) is 59.7 Å². The molecule has 0 radical (unpaired) electrons. The van der Waals surface area contributed by atoms with Crippen molar-refractivity contribution in [3.8, 4) is 5.88 Å². The number of methoxy groups -OCH3 is 1. The molecule has 7 nitrogen and oxygen atoms in total. The Bertz CT molecular complexity index is 1490. The molecule has 0 bridgehead atoms. The fourth-order valence-corrected chi connectivity index (χ4v) is 5.85. The number of benzene rings is 2. The van der Waals surface area contributed by atoms with Gasteiger partial charge in [-0.05, 0) is 47.9 Å². The first-order valence-electron chi connectivity index (χ1n) is 11.8. The van der Waals surface area contributed by atoms with E-state index in [1.54, 1.807) is 25.4 Å². The lowest BCUT2D eigenvalue weighted by atomic mass is 9.98. The molecule has 5 rings (SSSR count). The minimum Gasteiger partial charge on any atom is -0.492 e. The number of anilines is 1. The Morgan fingerprint density at radius 3 is 2.87 bits per heavy atom. The highest BCUT2D eigenvalue weighted by atomic mass is 35.5. The predicted octanol–water partition coefficient (Wildman–Crippen LogP) is 5.80. The molecule has 2 aromatic carbocycles. The standard InChI is InChI=1S/C26H25ClF3N5O2S/c1-35(19-10-18(13-37-2)31-12-19)25-33-24(36)23(38-25)20(14-4-6-22-16(7-14)11-32-34-22)8-15-3-5-17(27)9-21(15)26(28,29)30/h3-9,11,18-19,31,36H,10,12-13H2,1-2H3,(H,32,34). The highest BCUT2D eigenvalue weighted by molar-refractivity contribution is 7.17. The minimum absolute atomic E-state index is 0.0164. The summed E-state index contributed by atoms with van der Waals surface area (Å²) in [5.41, 5.74) is 0.850. The maximum absolute atomic E-state index is 13.9. The molecule has 0 amide bonds. The number of fused-ring (bicyclic) bond motifs is 1. The molecule has 2 atom stereocenters. The molecule has 1 saturated heterocycles. The molecule has 1 fully saturated rings. The molecule has 38 heavy (non-hydrogen) atoms. The van der Waals surface area contributed by atoms with Crippen LogP contribution < -0.4 is 10.2 Å². The number of aromatic nitrogens is 3. The third-order valence-corrected chi connectivity index (χ3v) is 8.03. The van der Waals surface area contributed by atoms with Crippen molar-refractivity contribution in [3.63, 3.8) is 0 Å². The summed E-state index contributed by atoms with van der Waals surface area (Å²) < 4.78 is 47.0. The van der Waals surface area contributed by atoms with Gasteiger partial charge >= 0.3 is 6.18 Å². The van der Waals surface area contributed by atoms with E-state index in [1.807, 2.05) is 18.0 Å². The first-order chi connectivity index (χ1) is 18.1. The second kappa shape index (κ2) is 10.6. The number of thiazole rings is 1. The maximum Gasteiger partial charge on any atom is 0.417 e. The Morgan fingerprint density at radius 1 is 1.29 bits per heavy atom. The fourth-order valence-electron chi connectivity index (χ4n) is 4.65. The van der Waals surface area contributed by atoms with Crippen LogP contribution in [-0.2, 0) is 10.9 Å². The van der Waals surface area contributed by atoms with E-state index in [-0.39, 0.29) is 28.5 Å². The first-order valence-corrected chi connectivity index (χ1v) is 13.0. The first kappa shape index (κ1) is 26.5. The van der Waals surface area contributed by atoms with Crippen molar-refractivity contribution in [2.75, 3.05) is 32.2 Å². The van der Waals surface area contributed by atoms with Crippen LogP contribution in [0.4, 0.5) is 18.3 Å². The predicted molar refractivity (Wildman–Crippen MR) is 144 cm³/mol. The van der Waals surface area contributed by atoms with Crippen molar-refractivity contribution >= 4 is 50.6 Å². The van der Waals surface area contributed by atoms with Gasteiger partial charge in [-0.3, -0.25) is 5.10 Å². The Morgan fingerprint density at radius 2 is 2.11 bits per heavy atom. The van der Waals surface area contributed by atoms with Crippen LogP contribution >= 0.6 is 22.9 Å². The van der Waals surface area contributed by atoms with Gasteiger partial charge in [-0.2, -0.15) is 23.3 Å². The number of rotatable bonds is 7. The van der Waals surface area contributed by atoms with Crippen LogP contribution in [0, 0.1) is 0 Å². The zero-order chi connectivity index (χ0) is 27.0. The monoisotopic (exact) mass is 563 g/mol. The highest BCUT2D eigenvalue weighted by Gasteiger charge is 2.34. The van der Waals surface area contributed by atoms with Crippen molar-refractivity contribution < 1.29 is 23.0 Å². The van der Waals surface area contributed by atoms with E-state index in [4.69, 9.17) is 16.3 Å². The van der Waals surface area contributed by atoms with Crippen molar-refractivity contribution in [1.29, 1.82) is 0 Å². The average Bonchev–Trinajstić information content (AvgIpc) is 3.62. The molecule has 2 aromatic heterocycles. The third kappa shape index (κ3) is 5.37. The maximum atomic E-state index is 13.9. The summed E-state index contributed by atoms with van der Waals surface area (Å²) in [5, 5.41) is 22.6. The van der Waals surface area contributed by atoms with Gasteiger partial charge in [-0.15, -0.1) is 0 Å². The van der Waals surface area contributed by atoms with Crippen molar-refractivity contribution in [3.05, 3.63) is 69.2 Å². The number of nitrogens with zero attached hydrogens (tertiary/aromatic N) is 3. The molecule has 200 valence electrons. The van der Waals surface area contributed by atoms with Gasteiger partial charge in [0.2, 0.25) is 5.88 Å². The van der Waals surface area contributed by atoms with Crippen molar-refractivity contribution in [2.24, 2.45) is 0 Å². The van der Waals surface area contributed by atoms with Crippen LogP contribution in [0.3, 0.4) is 0 Å². The molecule has 3 N–H and O–H groups in total. The summed E-state index contributed by atoms with van der Waals surface area (Å²) in [6.45, 7) is 1.31. The molecule has 1 aliphatic rings. The van der Waals surface area contributed by atoms with Gasteiger partial charge < -0.3 is 20.1 Å². The zero-order valence-electron chi connectivity index (χ0n) is 20.5. The average molecular weight is 564 g/mol. The molecule has 0 saturated carbocycles. The van der Waals surface area contributed by atoms with E-state index in [1.165, 1.54) is 29.5 Å². The SMILES string of the molecule is COCC1CC(N(C)c2nc(O)c(C(=Cc3ccc(Cl)cc3C(F)(F)F)c3ccc4[nH]ncc4c3)s2)CN1. The fraction of sp³-hybridized carbons (Fsp3) is 0.308. The Hall–Kier alpha value is -3.12.